The summed E-state index contributed by atoms with van der Waals surface area (Å²) in [7, 11) is 0. The van der Waals surface area contributed by atoms with Crippen LogP contribution in [0.1, 0.15) is 18.4 Å². The molecule has 9 heteroatoms. The molecule has 2 rings (SSSR count). The van der Waals surface area contributed by atoms with Crippen LogP contribution in [0, 0.1) is 0 Å². The zero-order chi connectivity index (χ0) is 20.6. The number of hydrogen-bond acceptors (Lipinski definition) is 4. The monoisotopic (exact) mass is 459 g/mol. The Morgan fingerprint density at radius 2 is 1.82 bits per heavy atom. The van der Waals surface area contributed by atoms with E-state index >= 15 is 0 Å². The van der Waals surface area contributed by atoms with Crippen LogP contribution in [0.15, 0.2) is 53.0 Å². The zero-order valence-corrected chi connectivity index (χ0v) is 16.2. The molecule has 0 aliphatic heterocycles. The molecule has 0 aromatic heterocycles. The summed E-state index contributed by atoms with van der Waals surface area (Å²) in [6.07, 6.45) is -4.22. The summed E-state index contributed by atoms with van der Waals surface area (Å²) in [5.74, 6) is -0.849. The summed E-state index contributed by atoms with van der Waals surface area (Å²) < 4.78 is 49.7. The van der Waals surface area contributed by atoms with Crippen LogP contribution in [0.4, 0.5) is 18.9 Å². The highest BCUT2D eigenvalue weighted by Gasteiger charge is 2.33. The van der Waals surface area contributed by atoms with Crippen molar-refractivity contribution >= 4 is 33.5 Å². The van der Waals surface area contributed by atoms with E-state index in [1.165, 1.54) is 12.1 Å². The van der Waals surface area contributed by atoms with E-state index in [0.29, 0.717) is 12.2 Å². The van der Waals surface area contributed by atoms with E-state index in [9.17, 15) is 22.8 Å². The Kier molecular flexibility index (Phi) is 7.86. The lowest BCUT2D eigenvalue weighted by Gasteiger charge is -2.13. The van der Waals surface area contributed by atoms with Gasteiger partial charge in [0.2, 0.25) is 0 Å². The van der Waals surface area contributed by atoms with Crippen LogP contribution < -0.4 is 10.1 Å². The minimum absolute atomic E-state index is 0.0143. The lowest BCUT2D eigenvalue weighted by Crippen LogP contribution is -2.22. The number of carbonyl (C=O) groups excluding carboxylic acids is 2. The molecule has 2 aromatic carbocycles. The number of benzene rings is 2. The number of carbonyl (C=O) groups is 2. The molecule has 1 amide bonds. The number of ether oxygens (including phenoxy) is 2. The van der Waals surface area contributed by atoms with E-state index in [2.05, 4.69) is 21.2 Å². The van der Waals surface area contributed by atoms with Crippen LogP contribution in [0.5, 0.6) is 5.75 Å². The molecule has 1 N–H and O–H groups in total. The first kappa shape index (κ1) is 21.7. The van der Waals surface area contributed by atoms with Crippen molar-refractivity contribution in [1.29, 1.82) is 0 Å². The highest BCUT2D eigenvalue weighted by Crippen LogP contribution is 2.34. The van der Waals surface area contributed by atoms with Crippen LogP contribution in [0.3, 0.4) is 0 Å². The molecule has 28 heavy (non-hydrogen) atoms. The number of hydrogen-bond donors (Lipinski definition) is 1. The van der Waals surface area contributed by atoms with Crippen molar-refractivity contribution in [3.63, 3.8) is 0 Å². The molecule has 0 aliphatic rings. The van der Waals surface area contributed by atoms with Gasteiger partial charge in [-0.2, -0.15) is 13.2 Å². The molecule has 5 nitrogen and oxygen atoms in total. The summed E-state index contributed by atoms with van der Waals surface area (Å²) in [5, 5.41) is 2.10. The minimum atomic E-state index is -4.60. The maximum atomic E-state index is 12.9. The van der Waals surface area contributed by atoms with Gasteiger partial charge in [-0.3, -0.25) is 9.59 Å². The zero-order valence-electron chi connectivity index (χ0n) is 14.6. The van der Waals surface area contributed by atoms with Gasteiger partial charge in [-0.25, -0.2) is 0 Å². The number of halogens is 4. The smallest absolute Gasteiger partial charge is 0.418 e. The fraction of sp³-hybridized carbons (Fsp3) is 0.263. The fourth-order valence-corrected chi connectivity index (χ4v) is 2.59. The third-order valence-electron chi connectivity index (χ3n) is 3.46. The second-order valence-corrected chi connectivity index (χ2v) is 6.58. The Labute approximate surface area is 168 Å². The molecular formula is C19H17BrF3NO4. The van der Waals surface area contributed by atoms with E-state index in [1.54, 1.807) is 12.1 Å². The average Bonchev–Trinajstić information content (AvgIpc) is 2.63. The normalized spacial score (nSPS) is 11.0. The van der Waals surface area contributed by atoms with Crippen molar-refractivity contribution in [2.45, 2.75) is 19.0 Å². The average molecular weight is 460 g/mol. The van der Waals surface area contributed by atoms with Crippen molar-refractivity contribution in [1.82, 2.24) is 0 Å². The van der Waals surface area contributed by atoms with Crippen LogP contribution in [-0.2, 0) is 20.5 Å². The van der Waals surface area contributed by atoms with Crippen LogP contribution in [0.25, 0.3) is 0 Å². The number of anilines is 1. The van der Waals surface area contributed by atoms with E-state index in [1.807, 2.05) is 12.1 Å². The third-order valence-corrected chi connectivity index (χ3v) is 3.95. The first-order valence-corrected chi connectivity index (χ1v) is 9.05. The van der Waals surface area contributed by atoms with E-state index in [-0.39, 0.29) is 13.0 Å². The van der Waals surface area contributed by atoms with Gasteiger partial charge in [0.05, 0.1) is 17.9 Å². The fourth-order valence-electron chi connectivity index (χ4n) is 2.21. The van der Waals surface area contributed by atoms with Crippen molar-refractivity contribution in [3.05, 3.63) is 58.6 Å². The highest BCUT2D eigenvalue weighted by molar-refractivity contribution is 9.10. The number of esters is 1. The number of nitrogens with one attached hydrogen (secondary N) is 1. The predicted octanol–water partition coefficient (Wildman–Crippen LogP) is 4.81. The van der Waals surface area contributed by atoms with Gasteiger partial charge in [0.25, 0.3) is 5.91 Å². The topological polar surface area (TPSA) is 64.6 Å². The molecule has 0 saturated heterocycles. The second-order valence-electron chi connectivity index (χ2n) is 5.66. The second kappa shape index (κ2) is 10.1. The number of amides is 1. The first-order valence-electron chi connectivity index (χ1n) is 8.26. The molecule has 0 bridgehead atoms. The maximum absolute atomic E-state index is 12.9. The van der Waals surface area contributed by atoms with Gasteiger partial charge in [0, 0.05) is 10.9 Å². The van der Waals surface area contributed by atoms with Crippen LogP contribution in [0.2, 0.25) is 0 Å². The van der Waals surface area contributed by atoms with Gasteiger partial charge in [0.1, 0.15) is 5.75 Å². The number of para-hydroxylation sites is 1. The molecule has 0 aliphatic carbocycles. The number of alkyl halides is 3. The van der Waals surface area contributed by atoms with Crippen LogP contribution >= 0.6 is 15.9 Å². The SMILES string of the molecule is O=C(COC(=O)CCCOc1cccc(Br)c1)Nc1ccccc1C(F)(F)F. The third kappa shape index (κ3) is 7.22. The molecule has 0 saturated carbocycles. The lowest BCUT2D eigenvalue weighted by molar-refractivity contribution is -0.147. The Hall–Kier alpha value is -2.55. The lowest BCUT2D eigenvalue weighted by atomic mass is 10.1. The summed E-state index contributed by atoms with van der Waals surface area (Å²) in [5.41, 5.74) is -1.36. The summed E-state index contributed by atoms with van der Waals surface area (Å²) in [4.78, 5) is 23.4. The Morgan fingerprint density at radius 1 is 1.07 bits per heavy atom. The predicted molar refractivity (Wildman–Crippen MR) is 99.9 cm³/mol. The standard InChI is InChI=1S/C19H17BrF3NO4/c20-13-5-3-6-14(11-13)27-10-4-9-18(26)28-12-17(25)24-16-8-2-1-7-15(16)19(21,22)23/h1-3,5-8,11H,4,9-10,12H2,(H,24,25). The van der Waals surface area contributed by atoms with Gasteiger partial charge in [-0.05, 0) is 36.8 Å². The molecule has 0 unspecified atom stereocenters. The number of rotatable bonds is 8. The summed E-state index contributed by atoms with van der Waals surface area (Å²) in [6, 6.07) is 11.8. The Bertz CT molecular complexity index is 827. The summed E-state index contributed by atoms with van der Waals surface area (Å²) in [6.45, 7) is -0.395. The largest absolute Gasteiger partial charge is 0.494 e. The van der Waals surface area contributed by atoms with Crippen molar-refractivity contribution in [2.75, 3.05) is 18.5 Å². The first-order chi connectivity index (χ1) is 13.3. The quantitative estimate of drug-likeness (QED) is 0.454. The molecule has 0 heterocycles. The van der Waals surface area contributed by atoms with Crippen molar-refractivity contribution in [2.24, 2.45) is 0 Å². The van der Waals surface area contributed by atoms with Gasteiger partial charge in [-0.15, -0.1) is 0 Å². The van der Waals surface area contributed by atoms with Gasteiger partial charge in [0.15, 0.2) is 6.61 Å². The van der Waals surface area contributed by atoms with Gasteiger partial charge >= 0.3 is 12.1 Å². The molecule has 0 fully saturated rings. The van der Waals surface area contributed by atoms with Crippen molar-refractivity contribution in [3.8, 4) is 5.75 Å². The van der Waals surface area contributed by atoms with Gasteiger partial charge < -0.3 is 14.8 Å². The molecular weight excluding hydrogens is 443 g/mol. The van der Waals surface area contributed by atoms with E-state index < -0.39 is 35.9 Å². The minimum Gasteiger partial charge on any atom is -0.494 e. The summed E-state index contributed by atoms with van der Waals surface area (Å²) >= 11 is 3.31. The molecule has 150 valence electrons. The maximum Gasteiger partial charge on any atom is 0.418 e. The Morgan fingerprint density at radius 3 is 2.54 bits per heavy atom. The Balaban J connectivity index is 1.71. The van der Waals surface area contributed by atoms with Crippen LogP contribution in [-0.4, -0.2) is 25.1 Å². The van der Waals surface area contributed by atoms with Gasteiger partial charge in [-0.1, -0.05) is 34.1 Å². The molecule has 0 atom stereocenters. The van der Waals surface area contributed by atoms with E-state index in [4.69, 9.17) is 9.47 Å². The molecule has 2 aromatic rings. The molecule has 0 radical (unpaired) electrons. The van der Waals surface area contributed by atoms with Crippen molar-refractivity contribution < 1.29 is 32.2 Å². The highest BCUT2D eigenvalue weighted by atomic mass is 79.9. The molecule has 0 spiro atoms. The van der Waals surface area contributed by atoms with E-state index in [0.717, 1.165) is 16.6 Å².